The summed E-state index contributed by atoms with van der Waals surface area (Å²) in [5.74, 6) is -0.185. The van der Waals surface area contributed by atoms with Gasteiger partial charge in [0, 0.05) is 0 Å². The molecule has 0 aliphatic heterocycles. The highest BCUT2D eigenvalue weighted by Crippen LogP contribution is 2.31. The average Bonchev–Trinajstić information content (AvgIpc) is 2.97. The number of amides is 1. The number of halogens is 1. The van der Waals surface area contributed by atoms with E-state index >= 15 is 0 Å². The molecular formula is C14H12ClNO2. The minimum atomic E-state index is -0.185. The van der Waals surface area contributed by atoms with Crippen molar-refractivity contribution in [1.29, 1.82) is 0 Å². The number of hydrogen-bond acceptors (Lipinski definition) is 2. The van der Waals surface area contributed by atoms with Crippen LogP contribution in [0.4, 0.5) is 0 Å². The second kappa shape index (κ2) is 4.50. The molecule has 3 nitrogen and oxygen atoms in total. The Hall–Kier alpha value is -1.74. The SMILES string of the molecule is O=C(NC1CCc2ccccc21)c1ccoc1Cl. The van der Waals surface area contributed by atoms with Crippen LogP contribution in [0.25, 0.3) is 0 Å². The Balaban J connectivity index is 1.79. The molecule has 1 atom stereocenters. The second-order valence-electron chi connectivity index (χ2n) is 4.37. The normalized spacial score (nSPS) is 17.5. The first-order chi connectivity index (χ1) is 8.75. The van der Waals surface area contributed by atoms with Crippen LogP contribution in [0.15, 0.2) is 41.0 Å². The van der Waals surface area contributed by atoms with Crippen LogP contribution in [0.5, 0.6) is 0 Å². The van der Waals surface area contributed by atoms with Crippen molar-refractivity contribution in [2.24, 2.45) is 0 Å². The monoisotopic (exact) mass is 261 g/mol. The third-order valence-electron chi connectivity index (χ3n) is 3.30. The lowest BCUT2D eigenvalue weighted by atomic mass is 10.1. The molecule has 1 N–H and O–H groups in total. The highest BCUT2D eigenvalue weighted by Gasteiger charge is 2.24. The molecule has 0 spiro atoms. The molecule has 2 aromatic rings. The summed E-state index contributed by atoms with van der Waals surface area (Å²) in [6, 6.07) is 9.83. The fourth-order valence-corrected chi connectivity index (χ4v) is 2.60. The maximum Gasteiger partial charge on any atom is 0.256 e. The van der Waals surface area contributed by atoms with E-state index in [1.165, 1.54) is 17.4 Å². The van der Waals surface area contributed by atoms with Crippen LogP contribution in [-0.4, -0.2) is 5.91 Å². The van der Waals surface area contributed by atoms with E-state index < -0.39 is 0 Å². The first-order valence-electron chi connectivity index (χ1n) is 5.87. The zero-order valence-corrected chi connectivity index (χ0v) is 10.4. The second-order valence-corrected chi connectivity index (χ2v) is 4.71. The van der Waals surface area contributed by atoms with Crippen LogP contribution in [0.2, 0.25) is 5.22 Å². The van der Waals surface area contributed by atoms with Gasteiger partial charge in [0.15, 0.2) is 0 Å². The average molecular weight is 262 g/mol. The number of nitrogens with one attached hydrogen (secondary N) is 1. The zero-order valence-electron chi connectivity index (χ0n) is 9.65. The molecule has 3 rings (SSSR count). The van der Waals surface area contributed by atoms with Gasteiger partial charge in [0.2, 0.25) is 5.22 Å². The van der Waals surface area contributed by atoms with Crippen molar-refractivity contribution >= 4 is 17.5 Å². The number of aryl methyl sites for hydroxylation is 1. The van der Waals surface area contributed by atoms with Crippen LogP contribution in [0, 0.1) is 0 Å². The maximum absolute atomic E-state index is 12.0. The maximum atomic E-state index is 12.0. The number of fused-ring (bicyclic) bond motifs is 1. The molecular weight excluding hydrogens is 250 g/mol. The van der Waals surface area contributed by atoms with Gasteiger partial charge in [-0.15, -0.1) is 0 Å². The molecule has 92 valence electrons. The molecule has 1 aliphatic rings. The molecule has 1 heterocycles. The molecule has 0 fully saturated rings. The first kappa shape index (κ1) is 11.4. The number of carbonyl (C=O) groups excluding carboxylic acids is 1. The lowest BCUT2D eigenvalue weighted by molar-refractivity contribution is 0.0936. The van der Waals surface area contributed by atoms with Crippen molar-refractivity contribution in [1.82, 2.24) is 5.32 Å². The number of furan rings is 1. The predicted octanol–water partition coefficient (Wildman–Crippen LogP) is 3.35. The van der Waals surface area contributed by atoms with E-state index in [9.17, 15) is 4.79 Å². The van der Waals surface area contributed by atoms with Crippen LogP contribution in [-0.2, 0) is 6.42 Å². The number of hydrogen-bond donors (Lipinski definition) is 1. The van der Waals surface area contributed by atoms with E-state index in [4.69, 9.17) is 16.0 Å². The highest BCUT2D eigenvalue weighted by atomic mass is 35.5. The minimum Gasteiger partial charge on any atom is -0.452 e. The molecule has 0 bridgehead atoms. The van der Waals surface area contributed by atoms with Crippen molar-refractivity contribution in [2.45, 2.75) is 18.9 Å². The summed E-state index contributed by atoms with van der Waals surface area (Å²) < 4.78 is 4.92. The molecule has 1 aromatic carbocycles. The fourth-order valence-electron chi connectivity index (χ4n) is 2.40. The Morgan fingerprint density at radius 1 is 1.33 bits per heavy atom. The van der Waals surface area contributed by atoms with E-state index in [0.717, 1.165) is 12.8 Å². The van der Waals surface area contributed by atoms with Crippen LogP contribution < -0.4 is 5.32 Å². The third kappa shape index (κ3) is 1.91. The Labute approximate surface area is 110 Å². The van der Waals surface area contributed by atoms with Crippen molar-refractivity contribution in [3.05, 3.63) is 58.5 Å². The Kier molecular flexibility index (Phi) is 2.84. The van der Waals surface area contributed by atoms with Crippen LogP contribution in [0.1, 0.15) is 33.9 Å². The standard InChI is InChI=1S/C14H12ClNO2/c15-13-11(7-8-18-13)14(17)16-12-6-5-9-3-1-2-4-10(9)12/h1-4,7-8,12H,5-6H2,(H,16,17). The summed E-state index contributed by atoms with van der Waals surface area (Å²) in [5.41, 5.74) is 2.90. The smallest absolute Gasteiger partial charge is 0.256 e. The van der Waals surface area contributed by atoms with Crippen LogP contribution >= 0.6 is 11.6 Å². The van der Waals surface area contributed by atoms with Gasteiger partial charge in [-0.2, -0.15) is 0 Å². The number of carbonyl (C=O) groups is 1. The highest BCUT2D eigenvalue weighted by molar-refractivity contribution is 6.32. The summed E-state index contributed by atoms with van der Waals surface area (Å²) in [7, 11) is 0. The van der Waals surface area contributed by atoms with Gasteiger partial charge in [0.25, 0.3) is 5.91 Å². The van der Waals surface area contributed by atoms with Gasteiger partial charge < -0.3 is 9.73 Å². The largest absolute Gasteiger partial charge is 0.452 e. The molecule has 1 aliphatic carbocycles. The molecule has 18 heavy (non-hydrogen) atoms. The Morgan fingerprint density at radius 2 is 2.17 bits per heavy atom. The molecule has 1 aromatic heterocycles. The summed E-state index contributed by atoms with van der Waals surface area (Å²) in [5, 5.41) is 3.13. The third-order valence-corrected chi connectivity index (χ3v) is 3.59. The summed E-state index contributed by atoms with van der Waals surface area (Å²) in [6.07, 6.45) is 3.35. The molecule has 0 saturated carbocycles. The van der Waals surface area contributed by atoms with Gasteiger partial charge in [0.05, 0.1) is 17.9 Å². The summed E-state index contributed by atoms with van der Waals surface area (Å²) in [4.78, 5) is 12.0. The van der Waals surface area contributed by atoms with Gasteiger partial charge in [-0.3, -0.25) is 4.79 Å². The molecule has 0 saturated heterocycles. The summed E-state index contributed by atoms with van der Waals surface area (Å²) in [6.45, 7) is 0. The zero-order chi connectivity index (χ0) is 12.5. The number of rotatable bonds is 2. The van der Waals surface area contributed by atoms with E-state index in [-0.39, 0.29) is 17.2 Å². The van der Waals surface area contributed by atoms with E-state index in [1.807, 2.05) is 12.1 Å². The van der Waals surface area contributed by atoms with E-state index in [2.05, 4.69) is 17.4 Å². The van der Waals surface area contributed by atoms with Crippen LogP contribution in [0.3, 0.4) is 0 Å². The van der Waals surface area contributed by atoms with Gasteiger partial charge in [-0.25, -0.2) is 0 Å². The Morgan fingerprint density at radius 3 is 2.94 bits per heavy atom. The van der Waals surface area contributed by atoms with Gasteiger partial charge >= 0.3 is 0 Å². The lowest BCUT2D eigenvalue weighted by Gasteiger charge is -2.13. The van der Waals surface area contributed by atoms with Gasteiger partial charge in [-0.1, -0.05) is 24.3 Å². The molecule has 1 unspecified atom stereocenters. The lowest BCUT2D eigenvalue weighted by Crippen LogP contribution is -2.26. The number of benzene rings is 1. The van der Waals surface area contributed by atoms with Gasteiger partial charge in [0.1, 0.15) is 0 Å². The first-order valence-corrected chi connectivity index (χ1v) is 6.25. The van der Waals surface area contributed by atoms with E-state index in [0.29, 0.717) is 5.56 Å². The van der Waals surface area contributed by atoms with Crippen molar-refractivity contribution in [2.75, 3.05) is 0 Å². The quantitative estimate of drug-likeness (QED) is 0.901. The van der Waals surface area contributed by atoms with Gasteiger partial charge in [-0.05, 0) is 41.6 Å². The molecule has 0 radical (unpaired) electrons. The topological polar surface area (TPSA) is 42.2 Å². The molecule has 1 amide bonds. The van der Waals surface area contributed by atoms with Crippen molar-refractivity contribution in [3.63, 3.8) is 0 Å². The molecule has 4 heteroatoms. The Bertz CT molecular complexity index is 591. The van der Waals surface area contributed by atoms with E-state index in [1.54, 1.807) is 6.07 Å². The minimum absolute atomic E-state index is 0.0691. The van der Waals surface area contributed by atoms with Crippen molar-refractivity contribution in [3.8, 4) is 0 Å². The fraction of sp³-hybridized carbons (Fsp3) is 0.214. The van der Waals surface area contributed by atoms with Crippen molar-refractivity contribution < 1.29 is 9.21 Å². The predicted molar refractivity (Wildman–Crippen MR) is 68.7 cm³/mol. The summed E-state index contributed by atoms with van der Waals surface area (Å²) >= 11 is 5.79.